The van der Waals surface area contributed by atoms with Crippen LogP contribution in [-0.4, -0.2) is 13.2 Å². The Bertz CT molecular complexity index is 324. The van der Waals surface area contributed by atoms with Crippen molar-refractivity contribution in [2.75, 3.05) is 13.2 Å². The predicted octanol–water partition coefficient (Wildman–Crippen LogP) is 2.42. The average molecular weight is 205 g/mol. The Morgan fingerprint density at radius 3 is 3.07 bits per heavy atom. The lowest BCUT2D eigenvalue weighted by atomic mass is 9.89. The zero-order valence-electron chi connectivity index (χ0n) is 9.28. The number of benzene rings is 1. The highest BCUT2D eigenvalue weighted by Crippen LogP contribution is 2.33. The molecule has 2 heteroatoms. The first-order chi connectivity index (χ1) is 7.31. The van der Waals surface area contributed by atoms with Crippen molar-refractivity contribution in [2.24, 2.45) is 11.7 Å². The first-order valence-electron chi connectivity index (χ1n) is 5.69. The molecule has 1 saturated heterocycles. The molecule has 2 rings (SSSR count). The minimum Gasteiger partial charge on any atom is -0.373 e. The maximum Gasteiger partial charge on any atom is 0.0865 e. The summed E-state index contributed by atoms with van der Waals surface area (Å²) in [6, 6.07) is 8.56. The highest BCUT2D eigenvalue weighted by molar-refractivity contribution is 5.25. The molecule has 0 bridgehead atoms. The second-order valence-corrected chi connectivity index (χ2v) is 4.34. The molecule has 15 heavy (non-hydrogen) atoms. The lowest BCUT2D eigenvalue weighted by Gasteiger charge is -2.31. The van der Waals surface area contributed by atoms with Crippen molar-refractivity contribution in [1.82, 2.24) is 0 Å². The summed E-state index contributed by atoms with van der Waals surface area (Å²) in [5.74, 6) is 0.487. The van der Waals surface area contributed by atoms with E-state index >= 15 is 0 Å². The zero-order valence-corrected chi connectivity index (χ0v) is 9.28. The number of aryl methyl sites for hydroxylation is 1. The topological polar surface area (TPSA) is 35.2 Å². The van der Waals surface area contributed by atoms with Gasteiger partial charge in [-0.25, -0.2) is 0 Å². The Balaban J connectivity index is 2.20. The van der Waals surface area contributed by atoms with E-state index in [-0.39, 0.29) is 6.10 Å². The molecule has 0 spiro atoms. The first kappa shape index (κ1) is 10.7. The van der Waals surface area contributed by atoms with Gasteiger partial charge in [-0.3, -0.25) is 0 Å². The monoisotopic (exact) mass is 205 g/mol. The summed E-state index contributed by atoms with van der Waals surface area (Å²) in [4.78, 5) is 0. The highest BCUT2D eigenvalue weighted by atomic mass is 16.5. The van der Waals surface area contributed by atoms with Crippen LogP contribution in [0.25, 0.3) is 0 Å². The van der Waals surface area contributed by atoms with Gasteiger partial charge >= 0.3 is 0 Å². The normalized spacial score (nSPS) is 26.5. The second-order valence-electron chi connectivity index (χ2n) is 4.34. The third-order valence-corrected chi connectivity index (χ3v) is 3.12. The standard InChI is InChI=1S/C13H19NO/c1-10-4-2-5-11(8-10)13-12(9-14)6-3-7-15-13/h2,4-5,8,12-13H,3,6-7,9,14H2,1H3. The fourth-order valence-corrected chi connectivity index (χ4v) is 2.30. The molecule has 1 aliphatic rings. The van der Waals surface area contributed by atoms with Gasteiger partial charge in [0.2, 0.25) is 0 Å². The van der Waals surface area contributed by atoms with E-state index in [0.717, 1.165) is 19.6 Å². The summed E-state index contributed by atoms with van der Waals surface area (Å²) in [7, 11) is 0. The zero-order chi connectivity index (χ0) is 10.7. The van der Waals surface area contributed by atoms with Crippen LogP contribution in [0.15, 0.2) is 24.3 Å². The predicted molar refractivity (Wildman–Crippen MR) is 61.7 cm³/mol. The molecule has 1 aromatic rings. The van der Waals surface area contributed by atoms with Gasteiger partial charge in [-0.2, -0.15) is 0 Å². The number of rotatable bonds is 2. The van der Waals surface area contributed by atoms with Gasteiger partial charge < -0.3 is 10.5 Å². The highest BCUT2D eigenvalue weighted by Gasteiger charge is 2.26. The van der Waals surface area contributed by atoms with Crippen molar-refractivity contribution in [2.45, 2.75) is 25.9 Å². The van der Waals surface area contributed by atoms with Gasteiger partial charge in [0.05, 0.1) is 6.10 Å². The number of hydrogen-bond donors (Lipinski definition) is 1. The average Bonchev–Trinajstić information content (AvgIpc) is 2.29. The Labute approximate surface area is 91.4 Å². The molecule has 82 valence electrons. The van der Waals surface area contributed by atoms with E-state index in [1.807, 2.05) is 0 Å². The Morgan fingerprint density at radius 2 is 2.33 bits per heavy atom. The maximum atomic E-state index is 5.84. The van der Waals surface area contributed by atoms with Gasteiger partial charge in [-0.05, 0) is 31.9 Å². The van der Waals surface area contributed by atoms with E-state index in [4.69, 9.17) is 10.5 Å². The smallest absolute Gasteiger partial charge is 0.0865 e. The van der Waals surface area contributed by atoms with Gasteiger partial charge in [0.15, 0.2) is 0 Å². The Kier molecular flexibility index (Phi) is 3.39. The van der Waals surface area contributed by atoms with Gasteiger partial charge in [-0.15, -0.1) is 0 Å². The largest absolute Gasteiger partial charge is 0.373 e. The first-order valence-corrected chi connectivity index (χ1v) is 5.69. The molecule has 0 saturated carbocycles. The molecule has 1 aliphatic heterocycles. The summed E-state index contributed by atoms with van der Waals surface area (Å²) >= 11 is 0. The van der Waals surface area contributed by atoms with Crippen molar-refractivity contribution < 1.29 is 4.74 Å². The summed E-state index contributed by atoms with van der Waals surface area (Å²) in [5.41, 5.74) is 8.36. The summed E-state index contributed by atoms with van der Waals surface area (Å²) in [5, 5.41) is 0. The quantitative estimate of drug-likeness (QED) is 0.804. The van der Waals surface area contributed by atoms with Crippen molar-refractivity contribution in [3.8, 4) is 0 Å². The van der Waals surface area contributed by atoms with E-state index < -0.39 is 0 Å². The van der Waals surface area contributed by atoms with Gasteiger partial charge in [0, 0.05) is 12.5 Å². The van der Waals surface area contributed by atoms with Crippen LogP contribution in [0.4, 0.5) is 0 Å². The van der Waals surface area contributed by atoms with E-state index in [0.29, 0.717) is 5.92 Å². The molecule has 0 aromatic heterocycles. The molecule has 1 aromatic carbocycles. The Hall–Kier alpha value is -0.860. The molecule has 2 nitrogen and oxygen atoms in total. The molecule has 1 fully saturated rings. The molecule has 2 atom stereocenters. The number of hydrogen-bond acceptors (Lipinski definition) is 2. The molecule has 1 heterocycles. The van der Waals surface area contributed by atoms with Crippen LogP contribution in [0, 0.1) is 12.8 Å². The molecule has 0 aliphatic carbocycles. The van der Waals surface area contributed by atoms with E-state index in [9.17, 15) is 0 Å². The summed E-state index contributed by atoms with van der Waals surface area (Å²) in [6.45, 7) is 3.71. The van der Waals surface area contributed by atoms with Gasteiger partial charge in [0.25, 0.3) is 0 Å². The number of ether oxygens (including phenoxy) is 1. The fourth-order valence-electron chi connectivity index (χ4n) is 2.30. The lowest BCUT2D eigenvalue weighted by Crippen LogP contribution is -2.28. The summed E-state index contributed by atoms with van der Waals surface area (Å²) in [6.07, 6.45) is 2.54. The van der Waals surface area contributed by atoms with Gasteiger partial charge in [0.1, 0.15) is 0 Å². The van der Waals surface area contributed by atoms with Crippen LogP contribution < -0.4 is 5.73 Å². The van der Waals surface area contributed by atoms with E-state index in [1.165, 1.54) is 17.5 Å². The molecule has 0 radical (unpaired) electrons. The van der Waals surface area contributed by atoms with Gasteiger partial charge in [-0.1, -0.05) is 29.8 Å². The van der Waals surface area contributed by atoms with Crippen LogP contribution in [-0.2, 0) is 4.74 Å². The molecular formula is C13H19NO. The minimum absolute atomic E-state index is 0.212. The maximum absolute atomic E-state index is 5.84. The second kappa shape index (κ2) is 4.77. The van der Waals surface area contributed by atoms with E-state index in [1.54, 1.807) is 0 Å². The lowest BCUT2D eigenvalue weighted by molar-refractivity contribution is -0.0251. The van der Waals surface area contributed by atoms with E-state index in [2.05, 4.69) is 31.2 Å². The van der Waals surface area contributed by atoms with Crippen LogP contribution >= 0.6 is 0 Å². The fraction of sp³-hybridized carbons (Fsp3) is 0.538. The summed E-state index contributed by atoms with van der Waals surface area (Å²) < 4.78 is 5.84. The molecule has 2 N–H and O–H groups in total. The minimum atomic E-state index is 0.212. The van der Waals surface area contributed by atoms with Crippen molar-refractivity contribution in [3.63, 3.8) is 0 Å². The molecule has 0 amide bonds. The van der Waals surface area contributed by atoms with Crippen molar-refractivity contribution >= 4 is 0 Å². The van der Waals surface area contributed by atoms with Crippen LogP contribution in [0.3, 0.4) is 0 Å². The van der Waals surface area contributed by atoms with Crippen molar-refractivity contribution in [3.05, 3.63) is 35.4 Å². The SMILES string of the molecule is Cc1cccc(C2OCCCC2CN)c1. The number of nitrogens with two attached hydrogens (primary N) is 1. The van der Waals surface area contributed by atoms with Crippen molar-refractivity contribution in [1.29, 1.82) is 0 Å². The van der Waals surface area contributed by atoms with Crippen LogP contribution in [0.5, 0.6) is 0 Å². The molecular weight excluding hydrogens is 186 g/mol. The third-order valence-electron chi connectivity index (χ3n) is 3.12. The molecule has 2 unspecified atom stereocenters. The van der Waals surface area contributed by atoms with Crippen LogP contribution in [0.1, 0.15) is 30.1 Å². The van der Waals surface area contributed by atoms with Crippen LogP contribution in [0.2, 0.25) is 0 Å². The Morgan fingerprint density at radius 1 is 1.47 bits per heavy atom. The third kappa shape index (κ3) is 2.39.